The Morgan fingerprint density at radius 1 is 0.763 bits per heavy atom. The van der Waals surface area contributed by atoms with Gasteiger partial charge >= 0.3 is 0 Å². The molecule has 6 heteroatoms. The van der Waals surface area contributed by atoms with Crippen LogP contribution in [0.3, 0.4) is 0 Å². The summed E-state index contributed by atoms with van der Waals surface area (Å²) in [6, 6.07) is 11.9. The Hall–Kier alpha value is -2.01. The van der Waals surface area contributed by atoms with Gasteiger partial charge in [0, 0.05) is 43.7 Å². The number of rotatable bonds is 4. The van der Waals surface area contributed by atoms with E-state index in [-0.39, 0.29) is 31.3 Å². The molecule has 2 fully saturated rings. The molecule has 38 heavy (non-hydrogen) atoms. The quantitative estimate of drug-likeness (QED) is 0.260. The monoisotopic (exact) mass is 688 g/mol. The molecule has 5 nitrogen and oxygen atoms in total. The maximum Gasteiger partial charge on any atom is 0.164 e. The Morgan fingerprint density at radius 2 is 1.34 bits per heavy atom. The molecule has 0 amide bonds. The number of benzene rings is 1. The summed E-state index contributed by atoms with van der Waals surface area (Å²) >= 11 is 0. The van der Waals surface area contributed by atoms with Crippen molar-refractivity contribution in [3.63, 3.8) is 0 Å². The molecule has 2 saturated carbocycles. The van der Waals surface area contributed by atoms with Crippen molar-refractivity contribution in [3.05, 3.63) is 59.3 Å². The van der Waals surface area contributed by atoms with Gasteiger partial charge in [0.2, 0.25) is 0 Å². The number of ether oxygens (including phenoxy) is 1. The van der Waals surface area contributed by atoms with Crippen molar-refractivity contribution in [1.29, 1.82) is 0 Å². The Morgan fingerprint density at radius 3 is 1.89 bits per heavy atom. The third-order valence-corrected chi connectivity index (χ3v) is 8.67. The maximum absolute atomic E-state index is 6.33. The van der Waals surface area contributed by atoms with Crippen LogP contribution in [-0.2, 0) is 36.0 Å². The van der Waals surface area contributed by atoms with E-state index in [0.29, 0.717) is 11.8 Å². The van der Waals surface area contributed by atoms with Gasteiger partial charge < -0.3 is 9.72 Å². The molecule has 0 N–H and O–H groups in total. The van der Waals surface area contributed by atoms with Crippen molar-refractivity contribution in [2.24, 2.45) is 0 Å². The van der Waals surface area contributed by atoms with Crippen molar-refractivity contribution < 1.29 is 24.8 Å². The van der Waals surface area contributed by atoms with Crippen molar-refractivity contribution in [2.75, 3.05) is 0 Å². The summed E-state index contributed by atoms with van der Waals surface area (Å²) in [7, 11) is 0. The predicted octanol–water partition coefficient (Wildman–Crippen LogP) is 7.99. The number of hydrogen-bond donors (Lipinski definition) is 0. The molecule has 2 aliphatic carbocycles. The Kier molecular flexibility index (Phi) is 7.88. The third-order valence-electron chi connectivity index (χ3n) is 8.67. The number of fused-ring (bicyclic) bond motifs is 1. The van der Waals surface area contributed by atoms with Crippen LogP contribution in [0.25, 0.3) is 22.6 Å². The molecule has 1 aromatic carbocycles. The molecule has 0 saturated heterocycles. The molecule has 1 radical (unpaired) electrons. The summed E-state index contributed by atoms with van der Waals surface area (Å²) in [6.45, 7) is 8.52. The SMILES string of the molecule is CC1(C)OC(C)(C)c2cc(-c3ccc(-c4nc(C5CCCCC5)nc(C5CCCCC5)n4)cn3)[c-]cc21.[Ir]. The van der Waals surface area contributed by atoms with Crippen LogP contribution in [0.15, 0.2) is 30.5 Å². The Balaban J connectivity index is 0.00000294. The normalized spacial score (nSPS) is 21.1. The number of nitrogens with zero attached hydrogens (tertiary/aromatic N) is 4. The van der Waals surface area contributed by atoms with Crippen LogP contribution < -0.4 is 0 Å². The van der Waals surface area contributed by atoms with Crippen LogP contribution >= 0.6 is 0 Å². The first-order valence-electron chi connectivity index (χ1n) is 14.3. The van der Waals surface area contributed by atoms with Gasteiger partial charge in [0.1, 0.15) is 11.6 Å². The first kappa shape index (κ1) is 27.6. The molecule has 2 aromatic heterocycles. The molecule has 0 spiro atoms. The van der Waals surface area contributed by atoms with E-state index in [0.717, 1.165) is 34.3 Å². The van der Waals surface area contributed by atoms with E-state index in [9.17, 15) is 0 Å². The summed E-state index contributed by atoms with van der Waals surface area (Å²) in [4.78, 5) is 20.0. The smallest absolute Gasteiger partial charge is 0.164 e. The average Bonchev–Trinajstić information content (AvgIpc) is 3.12. The fraction of sp³-hybridized carbons (Fsp3) is 0.562. The standard InChI is InChI=1S/C32H39N4O.Ir/c1-31(2)25-17-15-23(19-26(25)32(3,4)37-31)27-18-16-24(20-33-27)30-35-28(21-11-7-5-8-12-21)34-29(36-30)22-13-9-6-10-14-22;/h16-22H,5-14H2,1-4H3;/q-1;. The molecule has 3 aromatic rings. The largest absolute Gasteiger partial charge is 0.371 e. The number of pyridine rings is 1. The first-order chi connectivity index (χ1) is 17.8. The van der Waals surface area contributed by atoms with Gasteiger partial charge in [0.15, 0.2) is 5.82 Å². The number of aromatic nitrogens is 4. The van der Waals surface area contributed by atoms with Gasteiger partial charge in [-0.1, -0.05) is 61.8 Å². The van der Waals surface area contributed by atoms with Crippen molar-refractivity contribution in [3.8, 4) is 22.6 Å². The van der Waals surface area contributed by atoms with Gasteiger partial charge in [-0.15, -0.1) is 23.8 Å². The zero-order chi connectivity index (χ0) is 25.6. The van der Waals surface area contributed by atoms with Gasteiger partial charge in [-0.3, -0.25) is 0 Å². The van der Waals surface area contributed by atoms with E-state index in [1.165, 1.54) is 75.3 Å². The molecule has 0 unspecified atom stereocenters. The summed E-state index contributed by atoms with van der Waals surface area (Å²) < 4.78 is 6.33. The van der Waals surface area contributed by atoms with Crippen molar-refractivity contribution >= 4 is 0 Å². The Bertz CT molecular complexity index is 1240. The zero-order valence-electron chi connectivity index (χ0n) is 23.1. The zero-order valence-corrected chi connectivity index (χ0v) is 25.5. The molecule has 6 rings (SSSR count). The van der Waals surface area contributed by atoms with Gasteiger partial charge in [-0.05, 0) is 59.1 Å². The minimum atomic E-state index is -0.335. The molecule has 1 aliphatic heterocycles. The van der Waals surface area contributed by atoms with E-state index in [4.69, 9.17) is 24.7 Å². The van der Waals surface area contributed by atoms with Gasteiger partial charge in [0.25, 0.3) is 0 Å². The molecule has 0 atom stereocenters. The Labute approximate surface area is 241 Å². The van der Waals surface area contributed by atoms with E-state index < -0.39 is 0 Å². The second-order valence-electron chi connectivity index (χ2n) is 12.3. The molecular weight excluding hydrogens is 649 g/mol. The van der Waals surface area contributed by atoms with Gasteiger partial charge in [-0.2, -0.15) is 0 Å². The molecule has 0 bridgehead atoms. The first-order valence-corrected chi connectivity index (χ1v) is 14.3. The van der Waals surface area contributed by atoms with Crippen LogP contribution in [0, 0.1) is 6.07 Å². The molecule has 3 heterocycles. The summed E-state index contributed by atoms with van der Waals surface area (Å²) in [5.41, 5.74) is 4.62. The van der Waals surface area contributed by atoms with Crippen molar-refractivity contribution in [2.45, 2.75) is 115 Å². The topological polar surface area (TPSA) is 60.8 Å². The molecular formula is C32H39IrN4O-. The van der Waals surface area contributed by atoms with E-state index >= 15 is 0 Å². The summed E-state index contributed by atoms with van der Waals surface area (Å²) in [5.74, 6) is 3.71. The predicted molar refractivity (Wildman–Crippen MR) is 146 cm³/mol. The minimum Gasteiger partial charge on any atom is -0.371 e. The van der Waals surface area contributed by atoms with Gasteiger partial charge in [0.05, 0.1) is 11.2 Å². The second kappa shape index (κ2) is 10.9. The summed E-state index contributed by atoms with van der Waals surface area (Å²) in [6.07, 6.45) is 14.4. The van der Waals surface area contributed by atoms with Crippen LogP contribution in [0.5, 0.6) is 0 Å². The van der Waals surface area contributed by atoms with Crippen LogP contribution in [-0.4, -0.2) is 19.9 Å². The van der Waals surface area contributed by atoms with Crippen LogP contribution in [0.4, 0.5) is 0 Å². The summed E-state index contributed by atoms with van der Waals surface area (Å²) in [5, 5.41) is 0. The van der Waals surface area contributed by atoms with E-state index in [1.54, 1.807) is 0 Å². The fourth-order valence-electron chi connectivity index (χ4n) is 6.69. The van der Waals surface area contributed by atoms with E-state index in [2.05, 4.69) is 58.0 Å². The van der Waals surface area contributed by atoms with Crippen LogP contribution in [0.2, 0.25) is 0 Å². The fourth-order valence-corrected chi connectivity index (χ4v) is 6.69. The second-order valence-corrected chi connectivity index (χ2v) is 12.3. The average molecular weight is 688 g/mol. The number of hydrogen-bond acceptors (Lipinski definition) is 5. The van der Waals surface area contributed by atoms with Crippen LogP contribution in [0.1, 0.15) is 127 Å². The van der Waals surface area contributed by atoms with Gasteiger partial charge in [-0.25, -0.2) is 15.0 Å². The maximum atomic E-state index is 6.33. The van der Waals surface area contributed by atoms with E-state index in [1.807, 2.05) is 6.20 Å². The molecule has 3 aliphatic rings. The van der Waals surface area contributed by atoms with Crippen molar-refractivity contribution in [1.82, 2.24) is 19.9 Å². The molecule has 203 valence electrons. The minimum absolute atomic E-state index is 0. The third kappa shape index (κ3) is 5.37.